The molecule has 15 heavy (non-hydrogen) atoms. The van der Waals surface area contributed by atoms with E-state index in [1.54, 1.807) is 0 Å². The molecule has 0 amide bonds. The number of unbranched alkanes of at least 4 members (excludes halogenated alkanes) is 3. The molecule has 84 valence electrons. The summed E-state index contributed by atoms with van der Waals surface area (Å²) in [7, 11) is 0. The molecule has 0 radical (unpaired) electrons. The van der Waals surface area contributed by atoms with Gasteiger partial charge in [-0.3, -0.25) is 0 Å². The lowest BCUT2D eigenvalue weighted by Crippen LogP contribution is -1.98. The number of benzene rings is 1. The van der Waals surface area contributed by atoms with Crippen LogP contribution >= 0.6 is 12.6 Å². The van der Waals surface area contributed by atoms with E-state index in [2.05, 4.69) is 32.5 Å². The van der Waals surface area contributed by atoms with Crippen molar-refractivity contribution in [1.82, 2.24) is 0 Å². The van der Waals surface area contributed by atoms with Gasteiger partial charge in [0.2, 0.25) is 0 Å². The molecule has 0 N–H and O–H groups in total. The van der Waals surface area contributed by atoms with Crippen molar-refractivity contribution in [2.45, 2.75) is 44.4 Å². The zero-order valence-corrected chi connectivity index (χ0v) is 10.5. The van der Waals surface area contributed by atoms with Crippen LogP contribution in [-0.4, -0.2) is 6.61 Å². The molecule has 1 aromatic carbocycles. The minimum atomic E-state index is 0.802. The van der Waals surface area contributed by atoms with Crippen molar-refractivity contribution in [3.05, 3.63) is 23.8 Å². The zero-order chi connectivity index (χ0) is 11.1. The van der Waals surface area contributed by atoms with Gasteiger partial charge in [-0.1, -0.05) is 32.3 Å². The lowest BCUT2D eigenvalue weighted by Gasteiger charge is -2.08. The third kappa shape index (κ3) is 4.61. The molecule has 0 fully saturated rings. The lowest BCUT2D eigenvalue weighted by atomic mass is 10.2. The van der Waals surface area contributed by atoms with Crippen LogP contribution in [0.4, 0.5) is 0 Å². The molecule has 0 heterocycles. The molecule has 0 aliphatic carbocycles. The highest BCUT2D eigenvalue weighted by Gasteiger charge is 1.99. The smallest absolute Gasteiger partial charge is 0.132 e. The fourth-order valence-electron chi connectivity index (χ4n) is 1.46. The SMILES string of the molecule is CCCCCCOc1ccc(C)cc1S. The van der Waals surface area contributed by atoms with Crippen LogP contribution in [0.2, 0.25) is 0 Å². The van der Waals surface area contributed by atoms with E-state index >= 15 is 0 Å². The molecule has 0 saturated heterocycles. The molecular weight excluding hydrogens is 204 g/mol. The van der Waals surface area contributed by atoms with Gasteiger partial charge in [-0.25, -0.2) is 0 Å². The van der Waals surface area contributed by atoms with Crippen LogP contribution < -0.4 is 4.74 Å². The maximum Gasteiger partial charge on any atom is 0.132 e. The maximum atomic E-state index is 5.66. The van der Waals surface area contributed by atoms with Gasteiger partial charge in [0.25, 0.3) is 0 Å². The van der Waals surface area contributed by atoms with Gasteiger partial charge >= 0.3 is 0 Å². The van der Waals surface area contributed by atoms with Crippen molar-refractivity contribution in [1.29, 1.82) is 0 Å². The number of rotatable bonds is 6. The summed E-state index contributed by atoms with van der Waals surface area (Å²) >= 11 is 4.39. The summed E-state index contributed by atoms with van der Waals surface area (Å²) in [5.41, 5.74) is 1.22. The summed E-state index contributed by atoms with van der Waals surface area (Å²) in [6, 6.07) is 6.09. The fraction of sp³-hybridized carbons (Fsp3) is 0.538. The Balaban J connectivity index is 2.31. The Morgan fingerprint density at radius 1 is 1.20 bits per heavy atom. The topological polar surface area (TPSA) is 9.23 Å². The minimum absolute atomic E-state index is 0.802. The van der Waals surface area contributed by atoms with E-state index in [1.165, 1.54) is 24.8 Å². The Morgan fingerprint density at radius 2 is 2.00 bits per heavy atom. The van der Waals surface area contributed by atoms with E-state index in [1.807, 2.05) is 12.1 Å². The highest BCUT2D eigenvalue weighted by molar-refractivity contribution is 7.80. The Bertz CT molecular complexity index is 297. The van der Waals surface area contributed by atoms with E-state index in [4.69, 9.17) is 4.74 Å². The number of hydrogen-bond acceptors (Lipinski definition) is 2. The van der Waals surface area contributed by atoms with Gasteiger partial charge in [-0.05, 0) is 31.0 Å². The first-order chi connectivity index (χ1) is 7.24. The number of ether oxygens (including phenoxy) is 1. The van der Waals surface area contributed by atoms with Gasteiger partial charge in [-0.2, -0.15) is 0 Å². The summed E-state index contributed by atoms with van der Waals surface area (Å²) in [5, 5.41) is 0. The second-order valence-corrected chi connectivity index (χ2v) is 4.36. The molecular formula is C13H20OS. The van der Waals surface area contributed by atoms with Gasteiger partial charge in [0.05, 0.1) is 6.61 Å². The monoisotopic (exact) mass is 224 g/mol. The van der Waals surface area contributed by atoms with Crippen LogP contribution in [-0.2, 0) is 0 Å². The van der Waals surface area contributed by atoms with E-state index < -0.39 is 0 Å². The summed E-state index contributed by atoms with van der Waals surface area (Å²) < 4.78 is 5.66. The molecule has 0 atom stereocenters. The third-order valence-corrected chi connectivity index (χ3v) is 2.72. The Labute approximate surface area is 98.3 Å². The second-order valence-electron chi connectivity index (χ2n) is 3.88. The van der Waals surface area contributed by atoms with Crippen molar-refractivity contribution in [3.63, 3.8) is 0 Å². The summed E-state index contributed by atoms with van der Waals surface area (Å²) in [5.74, 6) is 0.903. The normalized spacial score (nSPS) is 10.3. The van der Waals surface area contributed by atoms with E-state index in [0.717, 1.165) is 23.7 Å². The minimum Gasteiger partial charge on any atom is -0.492 e. The zero-order valence-electron chi connectivity index (χ0n) is 9.62. The lowest BCUT2D eigenvalue weighted by molar-refractivity contribution is 0.298. The van der Waals surface area contributed by atoms with Crippen LogP contribution in [0.1, 0.15) is 38.2 Å². The van der Waals surface area contributed by atoms with Crippen molar-refractivity contribution >= 4 is 12.6 Å². The van der Waals surface area contributed by atoms with Crippen LogP contribution in [0, 0.1) is 6.92 Å². The Morgan fingerprint density at radius 3 is 2.67 bits per heavy atom. The van der Waals surface area contributed by atoms with Crippen molar-refractivity contribution in [2.24, 2.45) is 0 Å². The van der Waals surface area contributed by atoms with E-state index in [9.17, 15) is 0 Å². The van der Waals surface area contributed by atoms with E-state index in [0.29, 0.717) is 0 Å². The average molecular weight is 224 g/mol. The molecule has 1 aromatic rings. The number of aryl methyl sites for hydroxylation is 1. The molecule has 0 aliphatic heterocycles. The molecule has 0 aliphatic rings. The first-order valence-corrected chi connectivity index (χ1v) is 6.11. The van der Waals surface area contributed by atoms with Crippen LogP contribution in [0.15, 0.2) is 23.1 Å². The highest BCUT2D eigenvalue weighted by Crippen LogP contribution is 2.23. The van der Waals surface area contributed by atoms with E-state index in [-0.39, 0.29) is 0 Å². The standard InChI is InChI=1S/C13H20OS/c1-3-4-5-6-9-14-12-8-7-11(2)10-13(12)15/h7-8,10,15H,3-6,9H2,1-2H3. The summed E-state index contributed by atoms with van der Waals surface area (Å²) in [4.78, 5) is 0.936. The molecule has 0 spiro atoms. The van der Waals surface area contributed by atoms with Gasteiger partial charge in [0, 0.05) is 4.90 Å². The average Bonchev–Trinajstić information content (AvgIpc) is 2.20. The number of hydrogen-bond donors (Lipinski definition) is 1. The van der Waals surface area contributed by atoms with Crippen molar-refractivity contribution in [3.8, 4) is 5.75 Å². The summed E-state index contributed by atoms with van der Waals surface area (Å²) in [6.45, 7) is 5.08. The predicted molar refractivity (Wildman–Crippen MR) is 68.1 cm³/mol. The molecule has 1 rings (SSSR count). The van der Waals surface area contributed by atoms with Gasteiger partial charge < -0.3 is 4.74 Å². The third-order valence-electron chi connectivity index (χ3n) is 2.37. The molecule has 0 aromatic heterocycles. The van der Waals surface area contributed by atoms with Gasteiger partial charge in [0.1, 0.15) is 5.75 Å². The number of thiol groups is 1. The quantitative estimate of drug-likeness (QED) is 0.561. The van der Waals surface area contributed by atoms with Gasteiger partial charge in [0.15, 0.2) is 0 Å². The molecule has 0 saturated carbocycles. The maximum absolute atomic E-state index is 5.66. The van der Waals surface area contributed by atoms with Crippen LogP contribution in [0.5, 0.6) is 5.75 Å². The molecule has 2 heteroatoms. The van der Waals surface area contributed by atoms with Crippen molar-refractivity contribution < 1.29 is 4.74 Å². The predicted octanol–water partition coefficient (Wildman–Crippen LogP) is 4.24. The van der Waals surface area contributed by atoms with Crippen molar-refractivity contribution in [2.75, 3.05) is 6.61 Å². The second kappa shape index (κ2) is 6.78. The molecule has 0 bridgehead atoms. The van der Waals surface area contributed by atoms with Crippen LogP contribution in [0.3, 0.4) is 0 Å². The largest absolute Gasteiger partial charge is 0.492 e. The Kier molecular flexibility index (Phi) is 5.62. The van der Waals surface area contributed by atoms with Gasteiger partial charge in [-0.15, -0.1) is 12.6 Å². The first kappa shape index (κ1) is 12.4. The Hall–Kier alpha value is -0.630. The molecule has 1 nitrogen and oxygen atoms in total. The fourth-order valence-corrected chi connectivity index (χ4v) is 1.80. The molecule has 0 unspecified atom stereocenters. The first-order valence-electron chi connectivity index (χ1n) is 5.66. The summed E-state index contributed by atoms with van der Waals surface area (Å²) in [6.07, 6.45) is 4.95. The van der Waals surface area contributed by atoms with Crippen LogP contribution in [0.25, 0.3) is 0 Å². The highest BCUT2D eigenvalue weighted by atomic mass is 32.1.